The number of halogens is 2. The summed E-state index contributed by atoms with van der Waals surface area (Å²) in [6.07, 6.45) is 4.60. The summed E-state index contributed by atoms with van der Waals surface area (Å²) in [7, 11) is 0. The van der Waals surface area contributed by atoms with E-state index in [4.69, 9.17) is 5.73 Å². The SMILES string of the molecule is Cl.Cl.NC1C2CCC(C2)C1C(=O)Nc1ccc(CCN2CCSCC2)cc1. The lowest BCUT2D eigenvalue weighted by Gasteiger charge is -2.27. The van der Waals surface area contributed by atoms with E-state index in [1.807, 2.05) is 12.1 Å². The summed E-state index contributed by atoms with van der Waals surface area (Å²) < 4.78 is 0. The number of carbonyl (C=O) groups excluding carboxylic acids is 1. The fraction of sp³-hybridized carbons (Fsp3) is 0.650. The quantitative estimate of drug-likeness (QED) is 0.749. The van der Waals surface area contributed by atoms with E-state index in [1.165, 1.54) is 43.0 Å². The van der Waals surface area contributed by atoms with E-state index < -0.39 is 0 Å². The average molecular weight is 432 g/mol. The number of nitrogens with one attached hydrogen (secondary N) is 1. The first-order chi connectivity index (χ1) is 12.2. The summed E-state index contributed by atoms with van der Waals surface area (Å²) in [6, 6.07) is 8.43. The molecule has 4 nitrogen and oxygen atoms in total. The van der Waals surface area contributed by atoms with Gasteiger partial charge in [-0.1, -0.05) is 12.1 Å². The zero-order chi connectivity index (χ0) is 17.2. The predicted molar refractivity (Wildman–Crippen MR) is 119 cm³/mol. The lowest BCUT2D eigenvalue weighted by molar-refractivity contribution is -0.121. The minimum atomic E-state index is 0. The van der Waals surface area contributed by atoms with Gasteiger partial charge < -0.3 is 16.0 Å². The van der Waals surface area contributed by atoms with Crippen LogP contribution in [0.25, 0.3) is 0 Å². The van der Waals surface area contributed by atoms with Crippen molar-refractivity contribution in [3.05, 3.63) is 29.8 Å². The molecule has 27 heavy (non-hydrogen) atoms. The van der Waals surface area contributed by atoms with Crippen LogP contribution in [-0.4, -0.2) is 48.0 Å². The maximum absolute atomic E-state index is 12.6. The van der Waals surface area contributed by atoms with Gasteiger partial charge in [-0.3, -0.25) is 4.79 Å². The van der Waals surface area contributed by atoms with Crippen LogP contribution in [0.2, 0.25) is 0 Å². The third kappa shape index (κ3) is 5.33. The highest BCUT2D eigenvalue weighted by Gasteiger charge is 2.49. The number of anilines is 1. The number of benzene rings is 1. The molecule has 0 radical (unpaired) electrons. The normalized spacial score (nSPS) is 29.7. The molecule has 1 amide bonds. The lowest BCUT2D eigenvalue weighted by Crippen LogP contribution is -2.42. The Morgan fingerprint density at radius 3 is 2.41 bits per heavy atom. The van der Waals surface area contributed by atoms with E-state index >= 15 is 0 Å². The molecule has 4 rings (SSSR count). The number of nitrogens with two attached hydrogens (primary N) is 1. The molecule has 152 valence electrons. The van der Waals surface area contributed by atoms with Crippen molar-refractivity contribution in [2.75, 3.05) is 36.5 Å². The maximum Gasteiger partial charge on any atom is 0.229 e. The molecule has 3 N–H and O–H groups in total. The van der Waals surface area contributed by atoms with Gasteiger partial charge in [0, 0.05) is 42.9 Å². The van der Waals surface area contributed by atoms with Crippen molar-refractivity contribution in [3.8, 4) is 0 Å². The Morgan fingerprint density at radius 2 is 1.78 bits per heavy atom. The molecule has 2 aliphatic carbocycles. The molecule has 1 aliphatic heterocycles. The van der Waals surface area contributed by atoms with Crippen LogP contribution in [0.3, 0.4) is 0 Å². The van der Waals surface area contributed by atoms with E-state index in [9.17, 15) is 4.79 Å². The van der Waals surface area contributed by atoms with Gasteiger partial charge in [-0.2, -0.15) is 11.8 Å². The first-order valence-corrected chi connectivity index (χ1v) is 10.8. The van der Waals surface area contributed by atoms with Crippen LogP contribution in [0.15, 0.2) is 24.3 Å². The molecular weight excluding hydrogens is 401 g/mol. The van der Waals surface area contributed by atoms with Gasteiger partial charge in [0.1, 0.15) is 0 Å². The zero-order valence-electron chi connectivity index (χ0n) is 15.6. The molecule has 2 bridgehead atoms. The van der Waals surface area contributed by atoms with Crippen LogP contribution in [-0.2, 0) is 11.2 Å². The third-order valence-corrected chi connectivity index (χ3v) is 7.27. The molecule has 2 saturated carbocycles. The van der Waals surface area contributed by atoms with Crippen molar-refractivity contribution in [2.45, 2.75) is 31.7 Å². The Morgan fingerprint density at radius 1 is 1.11 bits per heavy atom. The number of hydrogen-bond donors (Lipinski definition) is 2. The van der Waals surface area contributed by atoms with Crippen LogP contribution >= 0.6 is 36.6 Å². The van der Waals surface area contributed by atoms with Crippen molar-refractivity contribution in [1.82, 2.24) is 4.90 Å². The Hall–Kier alpha value is -0.460. The molecule has 1 aromatic carbocycles. The molecule has 0 aromatic heterocycles. The second kappa shape index (κ2) is 10.4. The minimum absolute atomic E-state index is 0. The maximum atomic E-state index is 12.6. The van der Waals surface area contributed by atoms with Crippen molar-refractivity contribution in [1.29, 1.82) is 0 Å². The van der Waals surface area contributed by atoms with Gasteiger partial charge in [-0.05, 0) is 55.2 Å². The number of rotatable bonds is 5. The molecular formula is C20H31Cl2N3OS. The van der Waals surface area contributed by atoms with Crippen molar-refractivity contribution in [2.24, 2.45) is 23.5 Å². The van der Waals surface area contributed by atoms with Crippen molar-refractivity contribution < 1.29 is 4.79 Å². The fourth-order valence-electron chi connectivity index (χ4n) is 4.82. The standard InChI is InChI=1S/C20H29N3OS.2ClH/c21-19-16-4-3-15(13-16)18(19)20(24)22-17-5-1-14(2-6-17)7-8-23-9-11-25-12-10-23;;/h1-2,5-6,15-16,18-19H,3-4,7-13,21H2,(H,22,24);2*1H. The summed E-state index contributed by atoms with van der Waals surface area (Å²) in [5, 5.41) is 3.10. The number of fused-ring (bicyclic) bond motifs is 2. The van der Waals surface area contributed by atoms with Crippen LogP contribution in [0, 0.1) is 17.8 Å². The fourth-order valence-corrected chi connectivity index (χ4v) is 5.80. The topological polar surface area (TPSA) is 58.4 Å². The van der Waals surface area contributed by atoms with E-state index in [1.54, 1.807) is 0 Å². The number of amides is 1. The van der Waals surface area contributed by atoms with E-state index in [0.29, 0.717) is 11.8 Å². The molecule has 7 heteroatoms. The van der Waals surface area contributed by atoms with Gasteiger partial charge in [0.15, 0.2) is 0 Å². The third-order valence-electron chi connectivity index (χ3n) is 6.33. The lowest BCUT2D eigenvalue weighted by atomic mass is 9.84. The second-order valence-corrected chi connectivity index (χ2v) is 9.05. The van der Waals surface area contributed by atoms with E-state index in [0.717, 1.165) is 25.1 Å². The van der Waals surface area contributed by atoms with E-state index in [2.05, 4.69) is 34.1 Å². The van der Waals surface area contributed by atoms with Crippen LogP contribution in [0.4, 0.5) is 5.69 Å². The Labute approximate surface area is 179 Å². The molecule has 0 spiro atoms. The molecule has 4 unspecified atom stereocenters. The van der Waals surface area contributed by atoms with Gasteiger partial charge in [-0.15, -0.1) is 24.8 Å². The average Bonchev–Trinajstić information content (AvgIpc) is 3.23. The molecule has 4 atom stereocenters. The van der Waals surface area contributed by atoms with Gasteiger partial charge in [0.2, 0.25) is 5.91 Å². The molecule has 1 aromatic rings. The summed E-state index contributed by atoms with van der Waals surface area (Å²) in [4.78, 5) is 15.2. The number of carbonyl (C=O) groups is 1. The number of hydrogen-bond acceptors (Lipinski definition) is 4. The highest BCUT2D eigenvalue weighted by Crippen LogP contribution is 2.47. The number of nitrogens with zero attached hydrogens (tertiary/aromatic N) is 1. The molecule has 1 heterocycles. The highest BCUT2D eigenvalue weighted by atomic mass is 35.5. The van der Waals surface area contributed by atoms with Gasteiger partial charge >= 0.3 is 0 Å². The summed E-state index contributed by atoms with van der Waals surface area (Å²) in [5.74, 6) is 3.72. The first-order valence-electron chi connectivity index (χ1n) is 9.66. The predicted octanol–water partition coefficient (Wildman–Crippen LogP) is 3.43. The second-order valence-electron chi connectivity index (χ2n) is 7.83. The van der Waals surface area contributed by atoms with Crippen molar-refractivity contribution >= 4 is 48.2 Å². The smallest absolute Gasteiger partial charge is 0.229 e. The van der Waals surface area contributed by atoms with Gasteiger partial charge in [0.25, 0.3) is 0 Å². The molecule has 3 aliphatic rings. The Kier molecular flexibility index (Phi) is 8.75. The van der Waals surface area contributed by atoms with E-state index in [-0.39, 0.29) is 42.7 Å². The highest BCUT2D eigenvalue weighted by molar-refractivity contribution is 7.99. The summed E-state index contributed by atoms with van der Waals surface area (Å²) in [6.45, 7) is 3.55. The van der Waals surface area contributed by atoms with Crippen LogP contribution < -0.4 is 11.1 Å². The first kappa shape index (κ1) is 22.8. The Balaban J connectivity index is 0.00000131. The summed E-state index contributed by atoms with van der Waals surface area (Å²) >= 11 is 2.05. The van der Waals surface area contributed by atoms with Gasteiger partial charge in [-0.25, -0.2) is 0 Å². The Bertz CT molecular complexity index is 608. The largest absolute Gasteiger partial charge is 0.327 e. The molecule has 1 saturated heterocycles. The monoisotopic (exact) mass is 431 g/mol. The molecule has 3 fully saturated rings. The van der Waals surface area contributed by atoms with Crippen molar-refractivity contribution in [3.63, 3.8) is 0 Å². The van der Waals surface area contributed by atoms with Crippen LogP contribution in [0.5, 0.6) is 0 Å². The summed E-state index contributed by atoms with van der Waals surface area (Å²) in [5.41, 5.74) is 8.53. The van der Waals surface area contributed by atoms with Crippen LogP contribution in [0.1, 0.15) is 24.8 Å². The minimum Gasteiger partial charge on any atom is -0.327 e. The number of thioether (sulfide) groups is 1. The van der Waals surface area contributed by atoms with Gasteiger partial charge in [0.05, 0.1) is 5.92 Å². The zero-order valence-corrected chi connectivity index (χ0v) is 18.1.